The molecule has 0 spiro atoms. The Hall–Kier alpha value is -7.56. The minimum absolute atomic E-state index is 0.00633. The Morgan fingerprint density at radius 2 is 1.00 bits per heavy atom. The van der Waals surface area contributed by atoms with Crippen LogP contribution in [0, 0.1) is 0 Å². The zero-order chi connectivity index (χ0) is 38.2. The normalized spacial score (nSPS) is 12.6. The van der Waals surface area contributed by atoms with Crippen LogP contribution >= 0.6 is 0 Å². The van der Waals surface area contributed by atoms with E-state index in [1.54, 1.807) is 0 Å². The first-order valence-electron chi connectivity index (χ1n) is 20.0. The number of para-hydroxylation sites is 5. The molecular weight excluding hydrogens is 703 g/mol. The van der Waals surface area contributed by atoms with Crippen LogP contribution < -0.4 is 26.0 Å². The lowest BCUT2D eigenvalue weighted by Crippen LogP contribution is -2.59. The number of benzene rings is 9. The average molecular weight is 739 g/mol. The molecule has 9 aromatic carbocycles. The largest absolute Gasteiger partial charge is 0.458 e. The molecule has 270 valence electrons. The highest BCUT2D eigenvalue weighted by molar-refractivity contribution is 6.99. The van der Waals surface area contributed by atoms with Crippen LogP contribution in [0.25, 0.3) is 60.9 Å². The molecular formula is C54H35BN2O. The van der Waals surface area contributed by atoms with Crippen molar-refractivity contribution < 1.29 is 4.74 Å². The van der Waals surface area contributed by atoms with E-state index in [9.17, 15) is 0 Å². The van der Waals surface area contributed by atoms with E-state index in [-0.39, 0.29) is 6.71 Å². The number of aromatic nitrogens is 1. The molecule has 4 heteroatoms. The van der Waals surface area contributed by atoms with Gasteiger partial charge in [-0.05, 0) is 93.2 Å². The smallest absolute Gasteiger partial charge is 0.256 e. The molecule has 0 saturated heterocycles. The summed E-state index contributed by atoms with van der Waals surface area (Å²) in [5.74, 6) is 1.79. The monoisotopic (exact) mass is 738 g/mol. The first kappa shape index (κ1) is 32.7. The highest BCUT2D eigenvalue weighted by atomic mass is 16.5. The van der Waals surface area contributed by atoms with Crippen LogP contribution in [-0.4, -0.2) is 11.3 Å². The third-order valence-electron chi connectivity index (χ3n) is 12.0. The predicted octanol–water partition coefficient (Wildman–Crippen LogP) is 12.2. The van der Waals surface area contributed by atoms with Gasteiger partial charge in [-0.25, -0.2) is 0 Å². The molecule has 0 unspecified atom stereocenters. The number of hydrogen-bond acceptors (Lipinski definition) is 2. The quantitative estimate of drug-likeness (QED) is 0.164. The second kappa shape index (κ2) is 13.0. The Morgan fingerprint density at radius 3 is 1.76 bits per heavy atom. The number of rotatable bonds is 5. The van der Waals surface area contributed by atoms with Crippen LogP contribution in [0.3, 0.4) is 0 Å². The lowest BCUT2D eigenvalue weighted by molar-refractivity contribution is 0.488. The van der Waals surface area contributed by atoms with Crippen molar-refractivity contribution in [2.75, 3.05) is 4.90 Å². The number of anilines is 3. The van der Waals surface area contributed by atoms with Crippen molar-refractivity contribution in [2.45, 2.75) is 0 Å². The molecule has 0 saturated carbocycles. The summed E-state index contributed by atoms with van der Waals surface area (Å²) in [6.45, 7) is 0.00633. The maximum atomic E-state index is 7.00. The van der Waals surface area contributed by atoms with Gasteiger partial charge in [0.25, 0.3) is 6.71 Å². The van der Waals surface area contributed by atoms with E-state index in [0.29, 0.717) is 0 Å². The van der Waals surface area contributed by atoms with Gasteiger partial charge in [-0.1, -0.05) is 158 Å². The molecule has 0 amide bonds. The molecule has 0 atom stereocenters. The summed E-state index contributed by atoms with van der Waals surface area (Å²) in [5, 5.41) is 2.45. The molecule has 0 fully saturated rings. The van der Waals surface area contributed by atoms with E-state index in [4.69, 9.17) is 4.74 Å². The summed E-state index contributed by atoms with van der Waals surface area (Å²) in [7, 11) is 0. The van der Waals surface area contributed by atoms with Crippen LogP contribution in [0.5, 0.6) is 11.5 Å². The topological polar surface area (TPSA) is 17.4 Å². The van der Waals surface area contributed by atoms with Gasteiger partial charge < -0.3 is 14.2 Å². The number of ether oxygens (including phenoxy) is 1. The maximum Gasteiger partial charge on any atom is 0.256 e. The number of hydrogen-bond donors (Lipinski definition) is 0. The minimum atomic E-state index is 0.00633. The molecule has 12 rings (SSSR count). The summed E-state index contributed by atoms with van der Waals surface area (Å²) in [6, 6.07) is 76.8. The molecule has 3 nitrogen and oxygen atoms in total. The minimum Gasteiger partial charge on any atom is -0.458 e. The average Bonchev–Trinajstić information content (AvgIpc) is 3.63. The van der Waals surface area contributed by atoms with Crippen molar-refractivity contribution in [3.63, 3.8) is 0 Å². The van der Waals surface area contributed by atoms with Crippen LogP contribution in [0.15, 0.2) is 212 Å². The Labute approximate surface area is 337 Å². The highest BCUT2D eigenvalue weighted by Gasteiger charge is 2.42. The summed E-state index contributed by atoms with van der Waals surface area (Å²) in [4.78, 5) is 2.52. The Bertz CT molecular complexity index is 3150. The van der Waals surface area contributed by atoms with E-state index in [1.807, 2.05) is 0 Å². The van der Waals surface area contributed by atoms with Crippen LogP contribution in [0.2, 0.25) is 0 Å². The number of nitrogens with zero attached hydrogens (tertiary/aromatic N) is 2. The fourth-order valence-electron chi connectivity index (χ4n) is 9.55. The van der Waals surface area contributed by atoms with Gasteiger partial charge >= 0.3 is 0 Å². The van der Waals surface area contributed by atoms with Crippen LogP contribution in [-0.2, 0) is 0 Å². The predicted molar refractivity (Wildman–Crippen MR) is 243 cm³/mol. The summed E-state index contributed by atoms with van der Waals surface area (Å²) >= 11 is 0. The third-order valence-corrected chi connectivity index (χ3v) is 12.0. The summed E-state index contributed by atoms with van der Waals surface area (Å²) in [5.41, 5.74) is 17.5. The second-order valence-corrected chi connectivity index (χ2v) is 15.2. The third kappa shape index (κ3) is 4.95. The van der Waals surface area contributed by atoms with E-state index in [1.165, 1.54) is 66.1 Å². The van der Waals surface area contributed by atoms with Gasteiger partial charge in [0.05, 0.1) is 16.7 Å². The van der Waals surface area contributed by atoms with Gasteiger partial charge in [0.1, 0.15) is 11.5 Å². The second-order valence-electron chi connectivity index (χ2n) is 15.2. The molecule has 0 aliphatic carbocycles. The standard InChI is InChI=1S/C54H35BN2O/c1-4-17-36(18-5-1)41-24-16-25-42(37-19-6-2-7-20-37)54(41)57-49-29-14-11-26-45(49)55-46-27-12-15-30-51(46)58-52-35-39(34-50(57)53(52)55)38-31-32-48-44(33-38)43-23-10-13-28-47(43)56(48)40-21-8-3-9-22-40/h1-35H. The van der Waals surface area contributed by atoms with Crippen molar-refractivity contribution >= 4 is 62.0 Å². The van der Waals surface area contributed by atoms with Crippen LogP contribution in [0.1, 0.15) is 0 Å². The van der Waals surface area contributed by atoms with Crippen molar-refractivity contribution in [3.8, 4) is 50.6 Å². The summed E-state index contributed by atoms with van der Waals surface area (Å²) in [6.07, 6.45) is 0. The fraction of sp³-hybridized carbons (Fsp3) is 0. The molecule has 0 N–H and O–H groups in total. The van der Waals surface area contributed by atoms with Gasteiger partial charge in [-0.2, -0.15) is 0 Å². The van der Waals surface area contributed by atoms with E-state index >= 15 is 0 Å². The van der Waals surface area contributed by atoms with Crippen molar-refractivity contribution in [1.29, 1.82) is 0 Å². The SMILES string of the molecule is c1ccc(-c2cccc(-c3ccccc3)c2N2c3ccccc3B3c4ccccc4Oc4cc(-c5ccc6c(c5)c5ccccc5n6-c5ccccc5)cc2c43)cc1. The molecule has 3 heterocycles. The van der Waals surface area contributed by atoms with E-state index < -0.39 is 0 Å². The molecule has 58 heavy (non-hydrogen) atoms. The Balaban J connectivity index is 1.16. The van der Waals surface area contributed by atoms with Crippen molar-refractivity contribution in [1.82, 2.24) is 4.57 Å². The molecule has 0 radical (unpaired) electrons. The van der Waals surface area contributed by atoms with Crippen molar-refractivity contribution in [2.24, 2.45) is 0 Å². The molecule has 2 aliphatic rings. The lowest BCUT2D eigenvalue weighted by atomic mass is 9.34. The van der Waals surface area contributed by atoms with Gasteiger partial charge in [-0.3, -0.25) is 0 Å². The first-order chi connectivity index (χ1) is 28.8. The van der Waals surface area contributed by atoms with E-state index in [2.05, 4.69) is 222 Å². The lowest BCUT2D eigenvalue weighted by Gasteiger charge is -2.41. The molecule has 10 aromatic rings. The fourth-order valence-corrected chi connectivity index (χ4v) is 9.55. The molecule has 0 bridgehead atoms. The van der Waals surface area contributed by atoms with Gasteiger partial charge in [0, 0.05) is 39.0 Å². The molecule has 2 aliphatic heterocycles. The van der Waals surface area contributed by atoms with Gasteiger partial charge in [-0.15, -0.1) is 0 Å². The summed E-state index contributed by atoms with van der Waals surface area (Å²) < 4.78 is 9.38. The Kier molecular flexibility index (Phi) is 7.33. The van der Waals surface area contributed by atoms with Crippen LogP contribution in [0.4, 0.5) is 17.1 Å². The first-order valence-corrected chi connectivity index (χ1v) is 20.0. The Morgan fingerprint density at radius 1 is 0.379 bits per heavy atom. The maximum absolute atomic E-state index is 7.00. The van der Waals surface area contributed by atoms with Crippen molar-refractivity contribution in [3.05, 3.63) is 212 Å². The number of fused-ring (bicyclic) bond motifs is 7. The van der Waals surface area contributed by atoms with Gasteiger partial charge in [0.15, 0.2) is 0 Å². The highest BCUT2D eigenvalue weighted by Crippen LogP contribution is 2.49. The zero-order valence-corrected chi connectivity index (χ0v) is 31.6. The van der Waals surface area contributed by atoms with Gasteiger partial charge in [0.2, 0.25) is 0 Å². The zero-order valence-electron chi connectivity index (χ0n) is 31.6. The molecule has 1 aromatic heterocycles. The van der Waals surface area contributed by atoms with E-state index in [0.717, 1.165) is 39.7 Å².